The van der Waals surface area contributed by atoms with Gasteiger partial charge in [0.05, 0.1) is 0 Å². The maximum Gasteiger partial charge on any atom is 0.162 e. The van der Waals surface area contributed by atoms with E-state index in [1.165, 1.54) is 0 Å². The maximum atomic E-state index is 6.72. The molecule has 4 heteroatoms. The smallest absolute Gasteiger partial charge is 0.162 e. The Morgan fingerprint density at radius 1 is 0.923 bits per heavy atom. The van der Waals surface area contributed by atoms with Crippen LogP contribution in [0.2, 0.25) is 0 Å². The van der Waals surface area contributed by atoms with Crippen LogP contribution in [0.15, 0.2) is 82.2 Å². The van der Waals surface area contributed by atoms with Crippen molar-refractivity contribution in [2.75, 3.05) is 0 Å². The van der Waals surface area contributed by atoms with Gasteiger partial charge in [-0.05, 0) is 23.8 Å². The minimum atomic E-state index is -0.552. The first-order valence-corrected chi connectivity index (χ1v) is 8.70. The summed E-state index contributed by atoms with van der Waals surface area (Å²) in [6.45, 7) is 2.02. The number of aryl methyl sites for hydroxylation is 1. The van der Waals surface area contributed by atoms with Crippen LogP contribution in [0, 0.1) is 6.92 Å². The van der Waals surface area contributed by atoms with Crippen molar-refractivity contribution in [3.63, 3.8) is 0 Å². The third kappa shape index (κ3) is 2.12. The van der Waals surface area contributed by atoms with Crippen LogP contribution in [0.5, 0.6) is 5.75 Å². The van der Waals surface area contributed by atoms with Crippen LogP contribution in [0.1, 0.15) is 23.1 Å². The monoisotopic (exact) mass is 339 g/mol. The molecule has 0 saturated carbocycles. The summed E-state index contributed by atoms with van der Waals surface area (Å²) < 4.78 is 6.72. The van der Waals surface area contributed by atoms with E-state index in [1.807, 2.05) is 25.1 Å². The van der Waals surface area contributed by atoms with E-state index in [1.54, 1.807) is 0 Å². The van der Waals surface area contributed by atoms with Gasteiger partial charge < -0.3 is 4.74 Å². The molecule has 26 heavy (non-hydrogen) atoms. The van der Waals surface area contributed by atoms with Crippen molar-refractivity contribution < 1.29 is 4.74 Å². The fraction of sp³-hybridized carbons (Fsp3) is 0.136. The van der Waals surface area contributed by atoms with Crippen LogP contribution in [0.25, 0.3) is 6.08 Å². The largest absolute Gasteiger partial charge is 0.477 e. The summed E-state index contributed by atoms with van der Waals surface area (Å²) in [5, 5.41) is 14.0. The topological polar surface area (TPSA) is 46.3 Å². The Morgan fingerprint density at radius 2 is 1.58 bits per heavy atom. The lowest BCUT2D eigenvalue weighted by atomic mass is 9.81. The number of hydrogen-bond acceptors (Lipinski definition) is 4. The van der Waals surface area contributed by atoms with Gasteiger partial charge in [-0.2, -0.15) is 0 Å². The van der Waals surface area contributed by atoms with Gasteiger partial charge in [-0.25, -0.2) is 0 Å². The molecule has 0 radical (unpaired) electrons. The fourth-order valence-electron chi connectivity index (χ4n) is 3.80. The van der Waals surface area contributed by atoms with Gasteiger partial charge >= 0.3 is 0 Å². The number of fused-ring (bicyclic) bond motifs is 3. The van der Waals surface area contributed by atoms with E-state index in [-0.39, 0.29) is 0 Å². The molecule has 0 atom stereocenters. The van der Waals surface area contributed by atoms with E-state index in [0.29, 0.717) is 0 Å². The highest BCUT2D eigenvalue weighted by molar-refractivity contribution is 5.56. The number of ether oxygens (including phenoxy) is 1. The predicted molar refractivity (Wildman–Crippen MR) is 99.9 cm³/mol. The molecule has 2 aliphatic heterocycles. The van der Waals surface area contributed by atoms with E-state index in [2.05, 4.69) is 70.0 Å². The molecule has 0 unspecified atom stereocenters. The molecule has 5 rings (SSSR count). The van der Waals surface area contributed by atoms with Gasteiger partial charge in [-0.1, -0.05) is 66.7 Å². The second kappa shape index (κ2) is 5.63. The second-order valence-corrected chi connectivity index (χ2v) is 6.66. The van der Waals surface area contributed by atoms with Crippen LogP contribution >= 0.6 is 0 Å². The quantitative estimate of drug-likeness (QED) is 0.692. The normalized spacial score (nSPS) is 16.0. The number of benzene rings is 3. The summed E-state index contributed by atoms with van der Waals surface area (Å²) in [5.74, 6) is 0.830. The van der Waals surface area contributed by atoms with Crippen molar-refractivity contribution in [1.82, 2.24) is 0 Å². The van der Waals surface area contributed by atoms with Gasteiger partial charge in [0.2, 0.25) is 0 Å². The van der Waals surface area contributed by atoms with Crippen molar-refractivity contribution in [3.8, 4) is 5.75 Å². The molecular formula is C22H17N3O. The van der Waals surface area contributed by atoms with E-state index >= 15 is 0 Å². The molecule has 2 aliphatic rings. The molecule has 3 aromatic carbocycles. The first-order valence-electron chi connectivity index (χ1n) is 8.70. The zero-order chi connectivity index (χ0) is 17.6. The zero-order valence-electron chi connectivity index (χ0n) is 14.4. The number of nitrogens with zero attached hydrogens (tertiary/aromatic N) is 3. The standard InChI is InChI=1S/C22H17N3O/c1-15-14-19-18(21-20(15)23-25-24-21)12-13-22(26-19,16-8-4-2-5-9-16)17-10-6-3-7-11-17/h2-12,14H,13H2,1H3. The third-order valence-electron chi connectivity index (χ3n) is 5.11. The molecule has 0 N–H and O–H groups in total. The van der Waals surface area contributed by atoms with Crippen LogP contribution in [-0.2, 0) is 5.60 Å². The highest BCUT2D eigenvalue weighted by Gasteiger charge is 2.38. The molecule has 0 aromatic heterocycles. The van der Waals surface area contributed by atoms with E-state index < -0.39 is 5.60 Å². The van der Waals surface area contributed by atoms with Crippen LogP contribution < -0.4 is 15.3 Å². The highest BCUT2D eigenvalue weighted by Crippen LogP contribution is 2.40. The summed E-state index contributed by atoms with van der Waals surface area (Å²) in [5.41, 5.74) is 3.59. The number of rotatable bonds is 2. The van der Waals surface area contributed by atoms with E-state index in [0.717, 1.165) is 45.1 Å². The Hall–Kier alpha value is -3.27. The Morgan fingerprint density at radius 3 is 2.23 bits per heavy atom. The summed E-state index contributed by atoms with van der Waals surface area (Å²) in [4.78, 5) is 0. The minimum absolute atomic E-state index is 0.552. The molecule has 0 spiro atoms. The fourth-order valence-corrected chi connectivity index (χ4v) is 3.80. The first-order chi connectivity index (χ1) is 12.8. The summed E-state index contributed by atoms with van der Waals surface area (Å²) in [7, 11) is 0. The van der Waals surface area contributed by atoms with Crippen LogP contribution in [0.3, 0.4) is 0 Å². The van der Waals surface area contributed by atoms with Gasteiger partial charge in [0.1, 0.15) is 16.8 Å². The second-order valence-electron chi connectivity index (χ2n) is 6.66. The van der Waals surface area contributed by atoms with Crippen molar-refractivity contribution in [1.29, 1.82) is 0 Å². The lowest BCUT2D eigenvalue weighted by molar-refractivity contribution is 0.110. The van der Waals surface area contributed by atoms with E-state index in [4.69, 9.17) is 4.74 Å². The summed E-state index contributed by atoms with van der Waals surface area (Å²) in [6, 6.07) is 22.8. The predicted octanol–water partition coefficient (Wildman–Crippen LogP) is 4.13. The van der Waals surface area contributed by atoms with Crippen molar-refractivity contribution in [2.24, 2.45) is 15.4 Å². The van der Waals surface area contributed by atoms with Gasteiger partial charge in [0.25, 0.3) is 0 Å². The SMILES string of the molecule is Cc1cc2c(c3c1N=NN=3)=CCC(c1ccccc1)(c1ccccc1)O2. The van der Waals surface area contributed by atoms with Crippen molar-refractivity contribution in [3.05, 3.63) is 94.0 Å². The van der Waals surface area contributed by atoms with Crippen LogP contribution in [0.4, 0.5) is 5.69 Å². The lowest BCUT2D eigenvalue weighted by Crippen LogP contribution is -2.42. The molecular weight excluding hydrogens is 322 g/mol. The van der Waals surface area contributed by atoms with E-state index in [9.17, 15) is 0 Å². The molecule has 0 fully saturated rings. The molecule has 0 amide bonds. The molecule has 0 saturated heterocycles. The summed E-state index contributed by atoms with van der Waals surface area (Å²) in [6.07, 6.45) is 2.93. The average Bonchev–Trinajstić information content (AvgIpc) is 3.20. The maximum absolute atomic E-state index is 6.72. The number of hydrogen-bond donors (Lipinski definition) is 0. The Bertz CT molecular complexity index is 1100. The first kappa shape index (κ1) is 15.0. The minimum Gasteiger partial charge on any atom is -0.477 e. The molecule has 4 nitrogen and oxygen atoms in total. The molecule has 2 heterocycles. The van der Waals surface area contributed by atoms with Crippen molar-refractivity contribution in [2.45, 2.75) is 18.9 Å². The third-order valence-corrected chi connectivity index (χ3v) is 5.11. The lowest BCUT2D eigenvalue weighted by Gasteiger charge is -2.37. The molecule has 0 bridgehead atoms. The molecule has 3 aromatic rings. The van der Waals surface area contributed by atoms with Gasteiger partial charge in [0, 0.05) is 22.8 Å². The zero-order valence-corrected chi connectivity index (χ0v) is 14.4. The Balaban J connectivity index is 1.75. The molecule has 126 valence electrons. The van der Waals surface area contributed by atoms with Crippen molar-refractivity contribution >= 4 is 11.8 Å². The Labute approximate surface area is 151 Å². The van der Waals surface area contributed by atoms with Gasteiger partial charge in [-0.15, -0.1) is 10.2 Å². The van der Waals surface area contributed by atoms with Crippen LogP contribution in [-0.4, -0.2) is 0 Å². The summed E-state index contributed by atoms with van der Waals surface area (Å²) >= 11 is 0. The van der Waals surface area contributed by atoms with Gasteiger partial charge in [0.15, 0.2) is 5.60 Å². The Kier molecular flexibility index (Phi) is 3.25. The highest BCUT2D eigenvalue weighted by atomic mass is 16.5. The molecule has 0 aliphatic carbocycles. The van der Waals surface area contributed by atoms with Gasteiger partial charge in [-0.3, -0.25) is 0 Å². The average molecular weight is 339 g/mol.